The lowest BCUT2D eigenvalue weighted by Crippen LogP contribution is -2.09. The Balaban J connectivity index is 2.06. The third-order valence-corrected chi connectivity index (χ3v) is 3.20. The van der Waals surface area contributed by atoms with E-state index in [4.69, 9.17) is 4.74 Å². The van der Waals surface area contributed by atoms with Crippen LogP contribution in [0.1, 0.15) is 19.4 Å². The van der Waals surface area contributed by atoms with Crippen molar-refractivity contribution in [1.82, 2.24) is 9.88 Å². The first-order chi connectivity index (χ1) is 9.22. The molecule has 1 N–H and O–H groups in total. The van der Waals surface area contributed by atoms with Gasteiger partial charge in [0.25, 0.3) is 0 Å². The van der Waals surface area contributed by atoms with Crippen molar-refractivity contribution in [1.29, 1.82) is 0 Å². The van der Waals surface area contributed by atoms with Crippen LogP contribution in [0.3, 0.4) is 0 Å². The summed E-state index contributed by atoms with van der Waals surface area (Å²) in [6.07, 6.45) is 2.16. The van der Waals surface area contributed by atoms with Crippen molar-refractivity contribution >= 4 is 10.9 Å². The minimum absolute atomic E-state index is 0.601. The van der Waals surface area contributed by atoms with Gasteiger partial charge in [-0.1, -0.05) is 26.0 Å². The summed E-state index contributed by atoms with van der Waals surface area (Å²) < 4.78 is 7.93. The van der Waals surface area contributed by atoms with E-state index in [1.54, 1.807) is 0 Å². The van der Waals surface area contributed by atoms with Gasteiger partial charge in [-0.15, -0.1) is 0 Å². The highest BCUT2D eigenvalue weighted by molar-refractivity contribution is 5.83. The molecule has 104 valence electrons. The summed E-state index contributed by atoms with van der Waals surface area (Å²) in [6.45, 7) is 7.79. The van der Waals surface area contributed by atoms with E-state index in [1.807, 2.05) is 7.05 Å². The zero-order valence-electron chi connectivity index (χ0n) is 12.1. The summed E-state index contributed by atoms with van der Waals surface area (Å²) in [6, 6.07) is 8.68. The monoisotopic (exact) mass is 260 g/mol. The molecule has 0 saturated carbocycles. The predicted octanol–water partition coefficient (Wildman–Crippen LogP) is 3.03. The van der Waals surface area contributed by atoms with Crippen LogP contribution in [0.2, 0.25) is 0 Å². The summed E-state index contributed by atoms with van der Waals surface area (Å²) >= 11 is 0. The Labute approximate surface area is 115 Å². The standard InChI is InChI=1S/C16H24N2O/c1-13(2)12-19-10-9-18-8-7-15-14(11-17-3)5-4-6-16(15)18/h4-8,13,17H,9-12H2,1-3H3. The normalized spacial score (nSPS) is 11.6. The minimum atomic E-state index is 0.601. The molecule has 0 saturated heterocycles. The Kier molecular flexibility index (Phi) is 5.00. The fraction of sp³-hybridized carbons (Fsp3) is 0.500. The van der Waals surface area contributed by atoms with Gasteiger partial charge < -0.3 is 14.6 Å². The number of aromatic nitrogens is 1. The summed E-state index contributed by atoms with van der Waals surface area (Å²) in [5.41, 5.74) is 2.64. The maximum atomic E-state index is 5.66. The van der Waals surface area contributed by atoms with Crippen LogP contribution in [0.5, 0.6) is 0 Å². The van der Waals surface area contributed by atoms with E-state index in [9.17, 15) is 0 Å². The van der Waals surface area contributed by atoms with E-state index in [-0.39, 0.29) is 0 Å². The first-order valence-corrected chi connectivity index (χ1v) is 7.01. The van der Waals surface area contributed by atoms with E-state index in [0.717, 1.165) is 26.3 Å². The number of benzene rings is 1. The smallest absolute Gasteiger partial charge is 0.0645 e. The molecule has 1 aromatic heterocycles. The molecular formula is C16H24N2O. The molecule has 3 heteroatoms. The molecule has 2 rings (SSSR count). The third-order valence-electron chi connectivity index (χ3n) is 3.20. The molecule has 0 bridgehead atoms. The second kappa shape index (κ2) is 6.73. The van der Waals surface area contributed by atoms with Crippen LogP contribution in [-0.2, 0) is 17.8 Å². The van der Waals surface area contributed by atoms with Gasteiger partial charge in [-0.05, 0) is 30.7 Å². The Bertz CT molecular complexity index is 516. The van der Waals surface area contributed by atoms with Crippen molar-refractivity contribution in [2.24, 2.45) is 5.92 Å². The molecule has 1 heterocycles. The van der Waals surface area contributed by atoms with E-state index in [1.165, 1.54) is 16.5 Å². The van der Waals surface area contributed by atoms with Crippen LogP contribution < -0.4 is 5.32 Å². The fourth-order valence-electron chi connectivity index (χ4n) is 2.31. The Morgan fingerprint density at radius 2 is 2.11 bits per heavy atom. The van der Waals surface area contributed by atoms with Crippen molar-refractivity contribution in [2.75, 3.05) is 20.3 Å². The summed E-state index contributed by atoms with van der Waals surface area (Å²) in [5.74, 6) is 0.601. The molecule has 0 aliphatic carbocycles. The van der Waals surface area contributed by atoms with Crippen LogP contribution in [0, 0.1) is 5.92 Å². The van der Waals surface area contributed by atoms with Gasteiger partial charge in [0.1, 0.15) is 0 Å². The van der Waals surface area contributed by atoms with Crippen LogP contribution in [0.25, 0.3) is 10.9 Å². The van der Waals surface area contributed by atoms with E-state index < -0.39 is 0 Å². The average Bonchev–Trinajstić information content (AvgIpc) is 2.79. The fourth-order valence-corrected chi connectivity index (χ4v) is 2.31. The van der Waals surface area contributed by atoms with Crippen LogP contribution in [0.15, 0.2) is 30.5 Å². The molecule has 0 spiro atoms. The Morgan fingerprint density at radius 1 is 1.26 bits per heavy atom. The van der Waals surface area contributed by atoms with Gasteiger partial charge in [-0.2, -0.15) is 0 Å². The lowest BCUT2D eigenvalue weighted by molar-refractivity contribution is 0.104. The molecular weight excluding hydrogens is 236 g/mol. The molecule has 0 aliphatic rings. The number of nitrogens with zero attached hydrogens (tertiary/aromatic N) is 1. The highest BCUT2D eigenvalue weighted by Crippen LogP contribution is 2.20. The lowest BCUT2D eigenvalue weighted by atomic mass is 10.1. The maximum Gasteiger partial charge on any atom is 0.0645 e. The first kappa shape index (κ1) is 14.1. The van der Waals surface area contributed by atoms with Crippen molar-refractivity contribution in [3.05, 3.63) is 36.0 Å². The predicted molar refractivity (Wildman–Crippen MR) is 80.4 cm³/mol. The van der Waals surface area contributed by atoms with Crippen LogP contribution >= 0.6 is 0 Å². The Morgan fingerprint density at radius 3 is 2.84 bits per heavy atom. The molecule has 0 unspecified atom stereocenters. The zero-order chi connectivity index (χ0) is 13.7. The number of hydrogen-bond donors (Lipinski definition) is 1. The second-order valence-corrected chi connectivity index (χ2v) is 5.36. The minimum Gasteiger partial charge on any atom is -0.379 e. The summed E-state index contributed by atoms with van der Waals surface area (Å²) in [4.78, 5) is 0. The average molecular weight is 260 g/mol. The van der Waals surface area contributed by atoms with Gasteiger partial charge in [0, 0.05) is 36.8 Å². The topological polar surface area (TPSA) is 26.2 Å². The molecule has 19 heavy (non-hydrogen) atoms. The summed E-state index contributed by atoms with van der Waals surface area (Å²) in [7, 11) is 1.98. The number of fused-ring (bicyclic) bond motifs is 1. The zero-order valence-corrected chi connectivity index (χ0v) is 12.1. The molecule has 0 fully saturated rings. The number of nitrogens with one attached hydrogen (secondary N) is 1. The van der Waals surface area contributed by atoms with Gasteiger partial charge in [-0.3, -0.25) is 0 Å². The van der Waals surface area contributed by atoms with Crippen molar-refractivity contribution in [3.8, 4) is 0 Å². The highest BCUT2D eigenvalue weighted by Gasteiger charge is 2.05. The molecule has 0 radical (unpaired) electrons. The van der Waals surface area contributed by atoms with Gasteiger partial charge >= 0.3 is 0 Å². The molecule has 0 aliphatic heterocycles. The first-order valence-electron chi connectivity index (χ1n) is 7.01. The Hall–Kier alpha value is -1.32. The number of rotatable bonds is 7. The summed E-state index contributed by atoms with van der Waals surface area (Å²) in [5, 5.41) is 4.55. The molecule has 1 aromatic carbocycles. The van der Waals surface area contributed by atoms with Crippen molar-refractivity contribution in [3.63, 3.8) is 0 Å². The molecule has 3 nitrogen and oxygen atoms in total. The number of hydrogen-bond acceptors (Lipinski definition) is 2. The molecule has 0 amide bonds. The van der Waals surface area contributed by atoms with E-state index in [2.05, 4.69) is 54.2 Å². The molecule has 0 atom stereocenters. The van der Waals surface area contributed by atoms with E-state index >= 15 is 0 Å². The highest BCUT2D eigenvalue weighted by atomic mass is 16.5. The van der Waals surface area contributed by atoms with Gasteiger partial charge in [0.2, 0.25) is 0 Å². The number of ether oxygens (including phenoxy) is 1. The van der Waals surface area contributed by atoms with Crippen molar-refractivity contribution in [2.45, 2.75) is 26.9 Å². The molecule has 2 aromatic rings. The largest absolute Gasteiger partial charge is 0.379 e. The van der Waals surface area contributed by atoms with Crippen LogP contribution in [0.4, 0.5) is 0 Å². The lowest BCUT2D eigenvalue weighted by Gasteiger charge is -2.09. The van der Waals surface area contributed by atoms with Gasteiger partial charge in [0.05, 0.1) is 6.61 Å². The third kappa shape index (κ3) is 3.58. The maximum absolute atomic E-state index is 5.66. The second-order valence-electron chi connectivity index (χ2n) is 5.36. The van der Waals surface area contributed by atoms with E-state index in [0.29, 0.717) is 5.92 Å². The van der Waals surface area contributed by atoms with Crippen LogP contribution in [-0.4, -0.2) is 24.8 Å². The quantitative estimate of drug-likeness (QED) is 0.774. The SMILES string of the molecule is CNCc1cccc2c1ccn2CCOCC(C)C. The van der Waals surface area contributed by atoms with Gasteiger partial charge in [-0.25, -0.2) is 0 Å². The van der Waals surface area contributed by atoms with Gasteiger partial charge in [0.15, 0.2) is 0 Å². The van der Waals surface area contributed by atoms with Crippen molar-refractivity contribution < 1.29 is 4.74 Å².